The molecule has 1 atom stereocenters. The molecule has 14 heteroatoms. The molecule has 2 aromatic rings. The van der Waals surface area contributed by atoms with Crippen molar-refractivity contribution in [1.29, 1.82) is 0 Å². The number of hydrogen-bond donors (Lipinski definition) is 7. The third-order valence-electron chi connectivity index (χ3n) is 4.70. The van der Waals surface area contributed by atoms with E-state index in [1.54, 1.807) is 36.4 Å². The van der Waals surface area contributed by atoms with Crippen LogP contribution in [0.2, 0.25) is 0 Å². The van der Waals surface area contributed by atoms with E-state index in [0.717, 1.165) is 0 Å². The second-order valence-corrected chi connectivity index (χ2v) is 10.7. The van der Waals surface area contributed by atoms with Crippen LogP contribution in [0.25, 0.3) is 0 Å². The van der Waals surface area contributed by atoms with Crippen molar-refractivity contribution in [3.63, 3.8) is 0 Å². The summed E-state index contributed by atoms with van der Waals surface area (Å²) in [6.45, 7) is -0.951. The number of nitrogens with zero attached hydrogens (tertiary/aromatic N) is 2. The summed E-state index contributed by atoms with van der Waals surface area (Å²) in [5.74, 6) is -0.175. The van der Waals surface area contributed by atoms with E-state index in [9.17, 15) is 44.0 Å². The molecule has 0 aliphatic carbocycles. The molecule has 1 unspecified atom stereocenters. The van der Waals surface area contributed by atoms with E-state index in [-0.39, 0.29) is 55.6 Å². The molecule has 0 amide bonds. The van der Waals surface area contributed by atoms with E-state index >= 15 is 0 Å². The normalized spacial score (nSPS) is 12.8. The van der Waals surface area contributed by atoms with Gasteiger partial charge < -0.3 is 34.9 Å². The number of aromatic hydroxyl groups is 2. The van der Waals surface area contributed by atoms with Gasteiger partial charge in [-0.05, 0) is 12.1 Å². The van der Waals surface area contributed by atoms with Crippen LogP contribution in [0.4, 0.5) is 0 Å². The number of benzene rings is 2. The number of aliphatic hydroxyl groups is 1. The van der Waals surface area contributed by atoms with Gasteiger partial charge in [-0.2, -0.15) is 0 Å². The maximum atomic E-state index is 11.7. The maximum absolute atomic E-state index is 11.7. The van der Waals surface area contributed by atoms with E-state index in [4.69, 9.17) is 0 Å². The van der Waals surface area contributed by atoms with Gasteiger partial charge in [0.25, 0.3) is 0 Å². The van der Waals surface area contributed by atoms with Crippen molar-refractivity contribution in [3.8, 4) is 11.5 Å². The summed E-state index contributed by atoms with van der Waals surface area (Å²) in [6, 6.07) is 11.5. The fourth-order valence-corrected chi connectivity index (χ4v) is 4.84. The molecule has 0 bridgehead atoms. The Morgan fingerprint density at radius 3 is 1.62 bits per heavy atom. The molecule has 0 aromatic heterocycles. The second kappa shape index (κ2) is 14.3. The van der Waals surface area contributed by atoms with Gasteiger partial charge >= 0.3 is 15.2 Å². The van der Waals surface area contributed by atoms with Crippen LogP contribution in [0.1, 0.15) is 18.6 Å². The summed E-state index contributed by atoms with van der Waals surface area (Å²) >= 11 is 0. The number of hydrogen-bond acceptors (Lipinski definition) is 7. The maximum Gasteiger partial charge on any atom is 0.339 e. The van der Waals surface area contributed by atoms with Gasteiger partial charge in [0.15, 0.2) is 0 Å². The first-order chi connectivity index (χ1) is 14.9. The summed E-state index contributed by atoms with van der Waals surface area (Å²) < 4.78 is 23.4. The standard InChI is InChI=1S/C19H28N2O9P2.CH4.Fe/c22-12-17(21(14-32(28,29)30)10-16-6-2-4-8-19(16)24)11-20(13-31(25,26)27)9-15-5-1-3-7-18(15)23;;/h1-8,17,22-24H,9-14H2,(H2,25,26,27)(H2,28,29,30);1H4;. The van der Waals surface area contributed by atoms with Crippen molar-refractivity contribution < 1.29 is 61.1 Å². The van der Waals surface area contributed by atoms with Gasteiger partial charge in [-0.3, -0.25) is 18.9 Å². The van der Waals surface area contributed by atoms with Gasteiger partial charge in [-0.15, -0.1) is 0 Å². The number of rotatable bonds is 12. The Kier molecular flexibility index (Phi) is 13.8. The van der Waals surface area contributed by atoms with E-state index < -0.39 is 40.4 Å². The number of phenols is 2. The molecule has 34 heavy (non-hydrogen) atoms. The fraction of sp³-hybridized carbons (Fsp3) is 0.400. The summed E-state index contributed by atoms with van der Waals surface area (Å²) in [6.07, 6.45) is -1.44. The molecule has 0 spiro atoms. The molecular formula is C20H32FeN2O9P2. The van der Waals surface area contributed by atoms with Crippen LogP contribution in [0.3, 0.4) is 0 Å². The molecule has 0 saturated carbocycles. The van der Waals surface area contributed by atoms with Crippen molar-refractivity contribution in [2.45, 2.75) is 26.6 Å². The molecule has 11 nitrogen and oxygen atoms in total. The Morgan fingerprint density at radius 2 is 1.21 bits per heavy atom. The van der Waals surface area contributed by atoms with Crippen molar-refractivity contribution in [2.75, 3.05) is 25.7 Å². The minimum atomic E-state index is -4.58. The molecule has 0 saturated heterocycles. The molecule has 0 fully saturated rings. The van der Waals surface area contributed by atoms with Crippen LogP contribution in [-0.4, -0.2) is 76.5 Å². The monoisotopic (exact) mass is 562 g/mol. The molecule has 0 heterocycles. The van der Waals surface area contributed by atoms with Gasteiger partial charge in [0.1, 0.15) is 24.1 Å². The number of aliphatic hydroxyl groups excluding tert-OH is 1. The number of phenolic OH excluding ortho intramolecular Hbond substituents is 2. The largest absolute Gasteiger partial charge is 0.508 e. The molecular weight excluding hydrogens is 530 g/mol. The Labute approximate surface area is 209 Å². The fourth-order valence-electron chi connectivity index (χ4n) is 3.30. The molecule has 2 aromatic carbocycles. The first-order valence-electron chi connectivity index (χ1n) is 9.58. The van der Waals surface area contributed by atoms with Gasteiger partial charge in [-0.1, -0.05) is 43.8 Å². The smallest absolute Gasteiger partial charge is 0.339 e. The van der Waals surface area contributed by atoms with Crippen molar-refractivity contribution in [1.82, 2.24) is 9.80 Å². The van der Waals surface area contributed by atoms with Crippen molar-refractivity contribution >= 4 is 15.2 Å². The molecule has 194 valence electrons. The quantitative estimate of drug-likeness (QED) is 0.148. The summed E-state index contributed by atoms with van der Waals surface area (Å²) in [5.41, 5.74) is 0.751. The second-order valence-electron chi connectivity index (χ2n) is 7.46. The minimum absolute atomic E-state index is 0. The van der Waals surface area contributed by atoms with Crippen LogP contribution in [-0.2, 0) is 39.3 Å². The Bertz CT molecular complexity index is 986. The zero-order valence-corrected chi connectivity index (χ0v) is 20.4. The van der Waals surface area contributed by atoms with Crippen LogP contribution in [0, 0.1) is 0 Å². The van der Waals surface area contributed by atoms with E-state index in [1.807, 2.05) is 0 Å². The van der Waals surface area contributed by atoms with Gasteiger partial charge in [0.2, 0.25) is 0 Å². The first-order valence-corrected chi connectivity index (χ1v) is 13.2. The molecule has 0 radical (unpaired) electrons. The Hall–Kier alpha value is -1.26. The molecule has 0 aliphatic rings. The van der Waals surface area contributed by atoms with E-state index in [0.29, 0.717) is 11.1 Å². The summed E-state index contributed by atoms with van der Waals surface area (Å²) in [4.78, 5) is 40.6. The first kappa shape index (κ1) is 32.7. The predicted octanol–water partition coefficient (Wildman–Crippen LogP) is 1.67. The van der Waals surface area contributed by atoms with E-state index in [2.05, 4.69) is 0 Å². The minimum Gasteiger partial charge on any atom is -0.508 e. The average Bonchev–Trinajstić information content (AvgIpc) is 2.66. The van der Waals surface area contributed by atoms with Crippen LogP contribution in [0.15, 0.2) is 48.5 Å². The van der Waals surface area contributed by atoms with Gasteiger partial charge in [-0.25, -0.2) is 0 Å². The van der Waals surface area contributed by atoms with Crippen LogP contribution >= 0.6 is 15.2 Å². The molecule has 7 N–H and O–H groups in total. The Balaban J connectivity index is 0.00000544. The molecule has 0 aliphatic heterocycles. The number of para-hydroxylation sites is 2. The SMILES string of the molecule is C.O=P(O)(O)CN(Cc1ccccc1O)CC(CO)N(Cc1ccccc1O)CP(=O)(O)O.[Fe]. The van der Waals surface area contributed by atoms with E-state index in [1.165, 1.54) is 21.9 Å². The average molecular weight is 562 g/mol. The zero-order valence-electron chi connectivity index (χ0n) is 17.5. The van der Waals surface area contributed by atoms with Crippen LogP contribution < -0.4 is 0 Å². The predicted molar refractivity (Wildman–Crippen MR) is 124 cm³/mol. The summed E-state index contributed by atoms with van der Waals surface area (Å²) in [5, 5.41) is 30.1. The third kappa shape index (κ3) is 11.4. The van der Waals surface area contributed by atoms with Crippen molar-refractivity contribution in [3.05, 3.63) is 59.7 Å². The molecule has 2 rings (SSSR count). The summed E-state index contributed by atoms with van der Waals surface area (Å²) in [7, 11) is -9.11. The zero-order chi connectivity index (χ0) is 23.9. The Morgan fingerprint density at radius 1 is 0.765 bits per heavy atom. The van der Waals surface area contributed by atoms with Gasteiger partial charge in [0.05, 0.1) is 6.61 Å². The van der Waals surface area contributed by atoms with Gasteiger partial charge in [0, 0.05) is 53.9 Å². The topological polar surface area (TPSA) is 182 Å². The van der Waals surface area contributed by atoms with Crippen LogP contribution in [0.5, 0.6) is 11.5 Å². The van der Waals surface area contributed by atoms with Crippen molar-refractivity contribution in [2.24, 2.45) is 0 Å². The third-order valence-corrected chi connectivity index (χ3v) is 6.20.